The van der Waals surface area contributed by atoms with Crippen LogP contribution in [0.15, 0.2) is 36.0 Å². The first kappa shape index (κ1) is 7.95. The zero-order chi connectivity index (χ0) is 8.10. The van der Waals surface area contributed by atoms with E-state index in [9.17, 15) is 4.79 Å². The first-order valence-electron chi connectivity index (χ1n) is 3.58. The third kappa shape index (κ3) is 2.51. The molecule has 0 bridgehead atoms. The van der Waals surface area contributed by atoms with E-state index in [1.165, 1.54) is 0 Å². The molecule has 0 aromatic heterocycles. The highest BCUT2D eigenvalue weighted by Gasteiger charge is 1.96. The van der Waals surface area contributed by atoms with Gasteiger partial charge in [-0.2, -0.15) is 0 Å². The molecule has 1 N–H and O–H groups in total. The molecule has 58 valence electrons. The number of carbonyl (C=O) groups is 1. The van der Waals surface area contributed by atoms with E-state index < -0.39 is 0 Å². The van der Waals surface area contributed by atoms with Crippen molar-refractivity contribution >= 4 is 5.78 Å². The zero-order valence-corrected chi connectivity index (χ0v) is 6.50. The van der Waals surface area contributed by atoms with Crippen LogP contribution in [0.1, 0.15) is 0 Å². The number of hydrogen-bond acceptors (Lipinski definition) is 2. The van der Waals surface area contributed by atoms with Crippen LogP contribution in [-0.4, -0.2) is 19.4 Å². The summed E-state index contributed by atoms with van der Waals surface area (Å²) < 4.78 is 0. The van der Waals surface area contributed by atoms with Gasteiger partial charge in [0.15, 0.2) is 5.78 Å². The van der Waals surface area contributed by atoms with Gasteiger partial charge in [-0.25, -0.2) is 0 Å². The van der Waals surface area contributed by atoms with Gasteiger partial charge in [0.05, 0.1) is 0 Å². The highest BCUT2D eigenvalue weighted by atomic mass is 16.1. The molecule has 11 heavy (non-hydrogen) atoms. The Morgan fingerprint density at radius 1 is 1.36 bits per heavy atom. The quantitative estimate of drug-likeness (QED) is 0.630. The Labute approximate surface area is 66.3 Å². The lowest BCUT2D eigenvalue weighted by Gasteiger charge is -1.98. The summed E-state index contributed by atoms with van der Waals surface area (Å²) in [6.45, 7) is 0.832. The molecule has 1 rings (SSSR count). The molecule has 0 fully saturated rings. The van der Waals surface area contributed by atoms with E-state index in [4.69, 9.17) is 0 Å². The van der Waals surface area contributed by atoms with E-state index in [2.05, 4.69) is 5.32 Å². The Morgan fingerprint density at radius 2 is 2.00 bits per heavy atom. The number of nitrogens with one attached hydrogen (secondary N) is 1. The summed E-state index contributed by atoms with van der Waals surface area (Å²) in [7, 11) is 1.89. The maximum Gasteiger partial charge on any atom is 0.178 e. The van der Waals surface area contributed by atoms with Gasteiger partial charge in [-0.05, 0) is 24.8 Å². The van der Waals surface area contributed by atoms with Crippen LogP contribution < -0.4 is 5.32 Å². The highest BCUT2D eigenvalue weighted by molar-refractivity contribution is 6.01. The van der Waals surface area contributed by atoms with Crippen LogP contribution in [0, 0.1) is 0 Å². The smallest absolute Gasteiger partial charge is 0.178 e. The second-order valence-corrected chi connectivity index (χ2v) is 2.33. The molecular formula is C9H11NO. The van der Waals surface area contributed by atoms with E-state index in [1.54, 1.807) is 12.2 Å². The summed E-state index contributed by atoms with van der Waals surface area (Å²) >= 11 is 0. The predicted octanol–water partition coefficient (Wildman–Crippen LogP) is 0.827. The number of hydrogen-bond donors (Lipinski definition) is 1. The van der Waals surface area contributed by atoms with E-state index in [-0.39, 0.29) is 5.78 Å². The predicted molar refractivity (Wildman–Crippen MR) is 45.3 cm³/mol. The molecule has 1 aliphatic carbocycles. The average molecular weight is 149 g/mol. The molecule has 0 heterocycles. The maximum absolute atomic E-state index is 10.7. The molecule has 0 radical (unpaired) electrons. The Hall–Kier alpha value is -1.15. The minimum atomic E-state index is 0.0617. The van der Waals surface area contributed by atoms with Crippen LogP contribution in [0.3, 0.4) is 0 Å². The topological polar surface area (TPSA) is 29.1 Å². The molecule has 0 aromatic rings. The Bertz CT molecular complexity index is 218. The van der Waals surface area contributed by atoms with Crippen molar-refractivity contribution in [2.45, 2.75) is 0 Å². The minimum Gasteiger partial charge on any atom is -0.316 e. The summed E-state index contributed by atoms with van der Waals surface area (Å²) in [5, 5.41) is 3.00. The van der Waals surface area contributed by atoms with Crippen molar-refractivity contribution < 1.29 is 4.79 Å². The SMILES string of the molecule is CNCC=C1C=CC(=O)C=C1. The van der Waals surface area contributed by atoms with Crippen LogP contribution >= 0.6 is 0 Å². The van der Waals surface area contributed by atoms with Crippen molar-refractivity contribution in [2.24, 2.45) is 0 Å². The zero-order valence-electron chi connectivity index (χ0n) is 6.50. The minimum absolute atomic E-state index is 0.0617. The van der Waals surface area contributed by atoms with Gasteiger partial charge >= 0.3 is 0 Å². The lowest BCUT2D eigenvalue weighted by Crippen LogP contribution is -2.05. The molecule has 0 amide bonds. The molecule has 2 nitrogen and oxygen atoms in total. The summed E-state index contributed by atoms with van der Waals surface area (Å²) in [4.78, 5) is 10.7. The second kappa shape index (κ2) is 3.88. The number of ketones is 1. The second-order valence-electron chi connectivity index (χ2n) is 2.33. The first-order chi connectivity index (χ1) is 5.33. The third-order valence-corrected chi connectivity index (χ3v) is 1.42. The van der Waals surface area contributed by atoms with Crippen molar-refractivity contribution in [3.8, 4) is 0 Å². The lowest BCUT2D eigenvalue weighted by molar-refractivity contribution is -0.110. The fourth-order valence-corrected chi connectivity index (χ4v) is 0.824. The van der Waals surface area contributed by atoms with Gasteiger partial charge in [0.25, 0.3) is 0 Å². The lowest BCUT2D eigenvalue weighted by atomic mass is 10.1. The molecule has 0 spiro atoms. The van der Waals surface area contributed by atoms with Gasteiger partial charge in [0.2, 0.25) is 0 Å². The summed E-state index contributed by atoms with van der Waals surface area (Å²) in [6.07, 6.45) is 8.81. The van der Waals surface area contributed by atoms with Gasteiger partial charge in [-0.15, -0.1) is 0 Å². The molecule has 0 aromatic carbocycles. The molecular weight excluding hydrogens is 138 g/mol. The number of carbonyl (C=O) groups excluding carboxylic acids is 1. The molecule has 1 aliphatic rings. The van der Waals surface area contributed by atoms with E-state index >= 15 is 0 Å². The van der Waals surface area contributed by atoms with Crippen LogP contribution in [0.4, 0.5) is 0 Å². The van der Waals surface area contributed by atoms with Gasteiger partial charge in [-0.1, -0.05) is 18.2 Å². The van der Waals surface area contributed by atoms with Crippen molar-refractivity contribution in [3.63, 3.8) is 0 Å². The highest BCUT2D eigenvalue weighted by Crippen LogP contribution is 2.04. The number of likely N-dealkylation sites (N-methyl/N-ethyl adjacent to an activating group) is 1. The van der Waals surface area contributed by atoms with Gasteiger partial charge in [0.1, 0.15) is 0 Å². The van der Waals surface area contributed by atoms with Crippen molar-refractivity contribution in [2.75, 3.05) is 13.6 Å². The Morgan fingerprint density at radius 3 is 2.55 bits per heavy atom. The van der Waals surface area contributed by atoms with Crippen molar-refractivity contribution in [1.29, 1.82) is 0 Å². The Balaban J connectivity index is 2.57. The molecule has 0 saturated carbocycles. The average Bonchev–Trinajstić information content (AvgIpc) is 2.04. The van der Waals surface area contributed by atoms with Crippen LogP contribution in [0.5, 0.6) is 0 Å². The molecule has 2 heteroatoms. The van der Waals surface area contributed by atoms with Crippen molar-refractivity contribution in [3.05, 3.63) is 36.0 Å². The molecule has 0 aliphatic heterocycles. The third-order valence-electron chi connectivity index (χ3n) is 1.42. The van der Waals surface area contributed by atoms with E-state index in [0.29, 0.717) is 0 Å². The largest absolute Gasteiger partial charge is 0.316 e. The van der Waals surface area contributed by atoms with E-state index in [1.807, 2.05) is 25.3 Å². The first-order valence-corrected chi connectivity index (χ1v) is 3.58. The summed E-state index contributed by atoms with van der Waals surface area (Å²) in [6, 6.07) is 0. The fourth-order valence-electron chi connectivity index (χ4n) is 0.824. The van der Waals surface area contributed by atoms with Crippen molar-refractivity contribution in [1.82, 2.24) is 5.32 Å². The standard InChI is InChI=1S/C9H11NO/c1-10-7-6-8-2-4-9(11)5-3-8/h2-6,10H,7H2,1H3. The number of rotatable bonds is 2. The fraction of sp³-hybridized carbons (Fsp3) is 0.222. The molecule has 0 saturated heterocycles. The van der Waals surface area contributed by atoms with Gasteiger partial charge in [-0.3, -0.25) is 4.79 Å². The van der Waals surface area contributed by atoms with Crippen LogP contribution in [-0.2, 0) is 4.79 Å². The number of allylic oxidation sites excluding steroid dienone is 5. The normalized spacial score (nSPS) is 15.7. The Kier molecular flexibility index (Phi) is 2.81. The van der Waals surface area contributed by atoms with Crippen LogP contribution in [0.25, 0.3) is 0 Å². The monoisotopic (exact) mass is 149 g/mol. The summed E-state index contributed by atoms with van der Waals surface area (Å²) in [5.74, 6) is 0.0617. The summed E-state index contributed by atoms with van der Waals surface area (Å²) in [5.41, 5.74) is 1.08. The van der Waals surface area contributed by atoms with Gasteiger partial charge < -0.3 is 5.32 Å². The molecule has 0 unspecified atom stereocenters. The van der Waals surface area contributed by atoms with Gasteiger partial charge in [0, 0.05) is 6.54 Å². The van der Waals surface area contributed by atoms with Crippen LogP contribution in [0.2, 0.25) is 0 Å². The maximum atomic E-state index is 10.7. The molecule has 0 atom stereocenters. The van der Waals surface area contributed by atoms with E-state index in [0.717, 1.165) is 12.1 Å².